The Hall–Kier alpha value is -3.39. The molecule has 0 bridgehead atoms. The van der Waals surface area contributed by atoms with Gasteiger partial charge in [0, 0.05) is 43.6 Å². The lowest BCUT2D eigenvalue weighted by atomic mass is 10.0. The van der Waals surface area contributed by atoms with Gasteiger partial charge in [0.05, 0.1) is 25.1 Å². The van der Waals surface area contributed by atoms with Gasteiger partial charge in [-0.25, -0.2) is 9.78 Å². The van der Waals surface area contributed by atoms with E-state index in [2.05, 4.69) is 67.5 Å². The number of benzene rings is 2. The van der Waals surface area contributed by atoms with Crippen LogP contribution in [0.15, 0.2) is 73.1 Å². The molecule has 2 amide bonds. The Balaban J connectivity index is 0.00000304. The maximum absolute atomic E-state index is 11.9. The number of halogens is 1. The molecule has 1 aliphatic heterocycles. The lowest BCUT2D eigenvalue weighted by molar-refractivity contribution is 0.0384. The predicted molar refractivity (Wildman–Crippen MR) is 147 cm³/mol. The van der Waals surface area contributed by atoms with Gasteiger partial charge < -0.3 is 15.4 Å². The minimum absolute atomic E-state index is 0. The van der Waals surface area contributed by atoms with Gasteiger partial charge in [0.2, 0.25) is 0 Å². The molecule has 0 radical (unpaired) electrons. The van der Waals surface area contributed by atoms with Gasteiger partial charge in [0.15, 0.2) is 0 Å². The molecule has 2 N–H and O–H groups in total. The molecule has 36 heavy (non-hydrogen) atoms. The van der Waals surface area contributed by atoms with Crippen molar-refractivity contribution in [1.82, 2.24) is 19.6 Å². The third kappa shape index (κ3) is 6.05. The van der Waals surface area contributed by atoms with Crippen molar-refractivity contribution in [3.8, 4) is 22.4 Å². The van der Waals surface area contributed by atoms with E-state index >= 15 is 0 Å². The molecule has 0 atom stereocenters. The van der Waals surface area contributed by atoms with E-state index < -0.39 is 0 Å². The molecular formula is C28H32ClN5O2. The van der Waals surface area contributed by atoms with E-state index in [0.29, 0.717) is 6.54 Å². The van der Waals surface area contributed by atoms with Crippen LogP contribution in [-0.4, -0.2) is 59.7 Å². The molecule has 7 nitrogen and oxygen atoms in total. The van der Waals surface area contributed by atoms with Crippen molar-refractivity contribution in [2.75, 3.05) is 44.7 Å². The van der Waals surface area contributed by atoms with Crippen LogP contribution in [0.1, 0.15) is 12.5 Å². The van der Waals surface area contributed by atoms with Gasteiger partial charge in [-0.3, -0.25) is 9.30 Å². The monoisotopic (exact) mass is 505 g/mol. The Morgan fingerprint density at radius 3 is 2.61 bits per heavy atom. The van der Waals surface area contributed by atoms with Crippen molar-refractivity contribution in [3.05, 3.63) is 78.6 Å². The maximum Gasteiger partial charge on any atom is 0.319 e. The van der Waals surface area contributed by atoms with E-state index in [1.165, 1.54) is 11.1 Å². The average molecular weight is 506 g/mol. The standard InChI is InChI=1S/C28H31N5O2.ClH/c1-2-29-28(34)31-25-8-4-7-24(18-25)26-20-30-27-19-23(10-12-33(26)27)22-6-3-5-21(17-22)9-11-32-13-15-35-16-14-32;/h3-8,10,12,17-20H,2,9,11,13-16H2,1H3,(H2,29,31,34);1H. The molecule has 1 aliphatic rings. The zero-order chi connectivity index (χ0) is 24.0. The largest absolute Gasteiger partial charge is 0.379 e. The minimum Gasteiger partial charge on any atom is -0.379 e. The smallest absolute Gasteiger partial charge is 0.319 e. The molecule has 0 saturated carbocycles. The van der Waals surface area contributed by atoms with Crippen LogP contribution >= 0.6 is 12.4 Å². The summed E-state index contributed by atoms with van der Waals surface area (Å²) in [5, 5.41) is 5.62. The fourth-order valence-electron chi connectivity index (χ4n) is 4.48. The Labute approximate surface area is 217 Å². The van der Waals surface area contributed by atoms with E-state index in [-0.39, 0.29) is 18.4 Å². The molecule has 1 saturated heterocycles. The van der Waals surface area contributed by atoms with Gasteiger partial charge in [-0.15, -0.1) is 12.4 Å². The van der Waals surface area contributed by atoms with Crippen LogP contribution in [0.5, 0.6) is 0 Å². The Bertz CT molecular complexity index is 1320. The molecule has 188 valence electrons. The highest BCUT2D eigenvalue weighted by molar-refractivity contribution is 5.90. The number of hydrogen-bond donors (Lipinski definition) is 2. The number of imidazole rings is 1. The van der Waals surface area contributed by atoms with Crippen LogP contribution in [0.25, 0.3) is 28.0 Å². The fourth-order valence-corrected chi connectivity index (χ4v) is 4.48. The van der Waals surface area contributed by atoms with Crippen LogP contribution in [0.3, 0.4) is 0 Å². The van der Waals surface area contributed by atoms with Gasteiger partial charge in [-0.2, -0.15) is 0 Å². The zero-order valence-corrected chi connectivity index (χ0v) is 21.3. The third-order valence-corrected chi connectivity index (χ3v) is 6.35. The number of carbonyl (C=O) groups is 1. The molecular weight excluding hydrogens is 474 g/mol. The molecule has 0 spiro atoms. The lowest BCUT2D eigenvalue weighted by Gasteiger charge is -2.26. The number of anilines is 1. The summed E-state index contributed by atoms with van der Waals surface area (Å²) in [6, 6.07) is 20.6. The number of aromatic nitrogens is 2. The number of rotatable bonds is 7. The zero-order valence-electron chi connectivity index (χ0n) is 20.4. The van der Waals surface area contributed by atoms with Crippen molar-refractivity contribution in [1.29, 1.82) is 0 Å². The summed E-state index contributed by atoms with van der Waals surface area (Å²) < 4.78 is 7.54. The summed E-state index contributed by atoms with van der Waals surface area (Å²) >= 11 is 0. The summed E-state index contributed by atoms with van der Waals surface area (Å²) in [6.45, 7) is 7.24. The number of pyridine rings is 1. The number of nitrogens with one attached hydrogen (secondary N) is 2. The van der Waals surface area contributed by atoms with Crippen molar-refractivity contribution in [2.24, 2.45) is 0 Å². The quantitative estimate of drug-likeness (QED) is 0.366. The molecule has 1 fully saturated rings. The van der Waals surface area contributed by atoms with Crippen molar-refractivity contribution >= 4 is 29.8 Å². The molecule has 3 heterocycles. The first-order valence-corrected chi connectivity index (χ1v) is 12.2. The second-order valence-corrected chi connectivity index (χ2v) is 8.76. The molecule has 2 aromatic carbocycles. The van der Waals surface area contributed by atoms with Crippen LogP contribution < -0.4 is 10.6 Å². The number of fused-ring (bicyclic) bond motifs is 1. The highest BCUT2D eigenvalue weighted by atomic mass is 35.5. The van der Waals surface area contributed by atoms with E-state index in [0.717, 1.165) is 67.4 Å². The second kappa shape index (κ2) is 12.0. The Morgan fingerprint density at radius 1 is 1.00 bits per heavy atom. The number of nitrogens with zero attached hydrogens (tertiary/aromatic N) is 3. The van der Waals surface area contributed by atoms with Gasteiger partial charge in [-0.05, 0) is 54.3 Å². The number of urea groups is 1. The fraction of sp³-hybridized carbons (Fsp3) is 0.286. The van der Waals surface area contributed by atoms with Crippen LogP contribution in [-0.2, 0) is 11.2 Å². The highest BCUT2D eigenvalue weighted by Gasteiger charge is 2.11. The third-order valence-electron chi connectivity index (χ3n) is 6.35. The minimum atomic E-state index is -0.209. The van der Waals surface area contributed by atoms with E-state index in [1.54, 1.807) is 0 Å². The highest BCUT2D eigenvalue weighted by Crippen LogP contribution is 2.27. The summed E-state index contributed by atoms with van der Waals surface area (Å²) in [4.78, 5) is 19.0. The molecule has 0 unspecified atom stereocenters. The molecule has 2 aromatic heterocycles. The first kappa shape index (κ1) is 25.7. The normalized spacial score (nSPS) is 13.8. The van der Waals surface area contributed by atoms with E-state index in [1.807, 2.05) is 37.4 Å². The van der Waals surface area contributed by atoms with Gasteiger partial charge in [0.1, 0.15) is 5.65 Å². The summed E-state index contributed by atoms with van der Waals surface area (Å²) in [7, 11) is 0. The van der Waals surface area contributed by atoms with E-state index in [4.69, 9.17) is 4.74 Å². The SMILES string of the molecule is CCNC(=O)Nc1cccc(-c2cnc3cc(-c4cccc(CCN5CCOCC5)c4)ccn23)c1.Cl. The maximum atomic E-state index is 11.9. The van der Waals surface area contributed by atoms with E-state index in [9.17, 15) is 4.79 Å². The van der Waals surface area contributed by atoms with Gasteiger partial charge >= 0.3 is 6.03 Å². The van der Waals surface area contributed by atoms with Crippen LogP contribution in [0.2, 0.25) is 0 Å². The van der Waals surface area contributed by atoms with Crippen molar-refractivity contribution in [3.63, 3.8) is 0 Å². The first-order valence-electron chi connectivity index (χ1n) is 12.2. The number of ether oxygens (including phenoxy) is 1. The van der Waals surface area contributed by atoms with Gasteiger partial charge in [0.25, 0.3) is 0 Å². The summed E-state index contributed by atoms with van der Waals surface area (Å²) in [6.07, 6.45) is 4.98. The van der Waals surface area contributed by atoms with Crippen LogP contribution in [0.4, 0.5) is 10.5 Å². The molecule has 5 rings (SSSR count). The number of carbonyl (C=O) groups excluding carboxylic acids is 1. The molecule has 8 heteroatoms. The summed E-state index contributed by atoms with van der Waals surface area (Å²) in [5.74, 6) is 0. The van der Waals surface area contributed by atoms with Crippen molar-refractivity contribution in [2.45, 2.75) is 13.3 Å². The van der Waals surface area contributed by atoms with Gasteiger partial charge in [-0.1, -0.05) is 36.4 Å². The topological polar surface area (TPSA) is 70.9 Å². The lowest BCUT2D eigenvalue weighted by Crippen LogP contribution is -2.37. The second-order valence-electron chi connectivity index (χ2n) is 8.76. The van der Waals surface area contributed by atoms with Crippen molar-refractivity contribution < 1.29 is 9.53 Å². The predicted octanol–water partition coefficient (Wildman–Crippen LogP) is 5.11. The number of morpholine rings is 1. The number of amides is 2. The number of hydrogen-bond acceptors (Lipinski definition) is 4. The first-order chi connectivity index (χ1) is 17.2. The Morgan fingerprint density at radius 2 is 1.78 bits per heavy atom. The Kier molecular flexibility index (Phi) is 8.59. The average Bonchev–Trinajstić information content (AvgIpc) is 3.32. The molecule has 0 aliphatic carbocycles. The molecule has 4 aromatic rings. The summed E-state index contributed by atoms with van der Waals surface area (Å²) in [5.41, 5.74) is 7.29. The van der Waals surface area contributed by atoms with Crippen LogP contribution in [0, 0.1) is 0 Å².